The predicted octanol–water partition coefficient (Wildman–Crippen LogP) is 1.00. The molecule has 80 valence electrons. The van der Waals surface area contributed by atoms with Crippen LogP contribution in [0.2, 0.25) is 0 Å². The Balaban J connectivity index is 2.16. The van der Waals surface area contributed by atoms with Crippen molar-refractivity contribution >= 4 is 0 Å². The zero-order valence-corrected chi connectivity index (χ0v) is 7.51. The van der Waals surface area contributed by atoms with E-state index >= 15 is 0 Å². The van der Waals surface area contributed by atoms with Gasteiger partial charge in [-0.1, -0.05) is 0 Å². The lowest BCUT2D eigenvalue weighted by atomic mass is 10.4. The van der Waals surface area contributed by atoms with Gasteiger partial charge in [0.05, 0.1) is 12.2 Å². The van der Waals surface area contributed by atoms with Crippen molar-refractivity contribution in [1.82, 2.24) is 15.3 Å². The van der Waals surface area contributed by atoms with Crippen molar-refractivity contribution in [2.24, 2.45) is 7.05 Å². The quantitative estimate of drug-likeness (QED) is 0.594. The maximum Gasteiger partial charge on any atom is 0.413 e. The molecule has 0 atom stereocenters. The normalized spacial score (nSPS) is 12.0. The molecule has 0 saturated carbocycles. The number of nitrogens with zero attached hydrogens (tertiary/aromatic N) is 2. The Labute approximate surface area is 78.6 Å². The summed E-state index contributed by atoms with van der Waals surface area (Å²) in [6.07, 6.45) is -2.61. The molecule has 0 bridgehead atoms. The van der Waals surface area contributed by atoms with Crippen LogP contribution in [-0.2, 0) is 18.4 Å². The van der Waals surface area contributed by atoms with Gasteiger partial charge in [0.15, 0.2) is 6.61 Å². The highest BCUT2D eigenvalue weighted by Crippen LogP contribution is 2.13. The van der Waals surface area contributed by atoms with Gasteiger partial charge in [0, 0.05) is 13.2 Å². The molecule has 1 N–H and O–H groups in total. The van der Waals surface area contributed by atoms with Gasteiger partial charge in [0.1, 0.15) is 0 Å². The van der Waals surface area contributed by atoms with E-state index < -0.39 is 12.8 Å². The summed E-state index contributed by atoms with van der Waals surface area (Å²) in [5, 5.41) is 3.94. The molecule has 14 heavy (non-hydrogen) atoms. The summed E-state index contributed by atoms with van der Waals surface area (Å²) in [6.45, 7) is -1.16. The molecule has 0 aliphatic carbocycles. The minimum atomic E-state index is -4.31. The third kappa shape index (κ3) is 4.24. The second-order valence-corrected chi connectivity index (χ2v) is 2.71. The molecule has 0 saturated heterocycles. The molecule has 0 fully saturated rings. The van der Waals surface area contributed by atoms with E-state index in [1.54, 1.807) is 24.0 Å². The van der Waals surface area contributed by atoms with Crippen molar-refractivity contribution in [3.05, 3.63) is 18.0 Å². The number of hydroxylamine groups is 1. The summed E-state index contributed by atoms with van der Waals surface area (Å²) in [4.78, 5) is 4.19. The molecule has 0 unspecified atom stereocenters. The SMILES string of the molecule is Cn1ccc(CNOCC(F)(F)F)n1. The van der Waals surface area contributed by atoms with Gasteiger partial charge in [-0.2, -0.15) is 23.8 Å². The van der Waals surface area contributed by atoms with E-state index in [0.717, 1.165) is 0 Å². The summed E-state index contributed by atoms with van der Waals surface area (Å²) in [5.74, 6) is 0. The number of rotatable bonds is 4. The fourth-order valence-electron chi connectivity index (χ4n) is 0.815. The van der Waals surface area contributed by atoms with E-state index in [2.05, 4.69) is 15.4 Å². The standard InChI is InChI=1S/C7H10F3N3O/c1-13-3-2-6(12-13)4-11-14-5-7(8,9)10/h2-3,11H,4-5H2,1H3. The Morgan fingerprint density at radius 2 is 2.29 bits per heavy atom. The monoisotopic (exact) mass is 209 g/mol. The molecular weight excluding hydrogens is 199 g/mol. The number of alkyl halides is 3. The number of hydrogen-bond acceptors (Lipinski definition) is 3. The average molecular weight is 209 g/mol. The van der Waals surface area contributed by atoms with Crippen LogP contribution in [0.4, 0.5) is 13.2 Å². The van der Waals surface area contributed by atoms with Crippen molar-refractivity contribution in [2.75, 3.05) is 6.61 Å². The minimum absolute atomic E-state index is 0.150. The number of aryl methyl sites for hydroxylation is 1. The van der Waals surface area contributed by atoms with Gasteiger partial charge in [0.2, 0.25) is 0 Å². The Kier molecular flexibility index (Phi) is 3.48. The van der Waals surface area contributed by atoms with E-state index in [0.29, 0.717) is 5.69 Å². The molecule has 0 spiro atoms. The van der Waals surface area contributed by atoms with Crippen molar-refractivity contribution in [1.29, 1.82) is 0 Å². The maximum absolute atomic E-state index is 11.6. The summed E-state index contributed by atoms with van der Waals surface area (Å²) < 4.78 is 36.4. The molecule has 1 heterocycles. The van der Waals surface area contributed by atoms with Crippen LogP contribution in [0.25, 0.3) is 0 Å². The Morgan fingerprint density at radius 3 is 2.79 bits per heavy atom. The zero-order valence-electron chi connectivity index (χ0n) is 7.51. The molecule has 1 rings (SSSR count). The second-order valence-electron chi connectivity index (χ2n) is 2.71. The average Bonchev–Trinajstić information content (AvgIpc) is 2.44. The Hall–Kier alpha value is -1.08. The first-order valence-corrected chi connectivity index (χ1v) is 3.87. The third-order valence-corrected chi connectivity index (χ3v) is 1.36. The van der Waals surface area contributed by atoms with Crippen LogP contribution in [0.15, 0.2) is 12.3 Å². The first-order chi connectivity index (χ1) is 6.47. The van der Waals surface area contributed by atoms with Gasteiger partial charge in [0.25, 0.3) is 0 Å². The summed E-state index contributed by atoms with van der Waals surface area (Å²) >= 11 is 0. The van der Waals surface area contributed by atoms with Gasteiger partial charge in [-0.25, -0.2) is 0 Å². The van der Waals surface area contributed by atoms with Gasteiger partial charge in [-0.3, -0.25) is 9.52 Å². The lowest BCUT2D eigenvalue weighted by molar-refractivity contribution is -0.190. The van der Waals surface area contributed by atoms with Gasteiger partial charge in [-0.15, -0.1) is 0 Å². The molecule has 1 aromatic rings. The first kappa shape index (κ1) is 11.0. The summed E-state index contributed by atoms with van der Waals surface area (Å²) in [7, 11) is 1.72. The first-order valence-electron chi connectivity index (χ1n) is 3.87. The van der Waals surface area contributed by atoms with Crippen molar-refractivity contribution in [2.45, 2.75) is 12.7 Å². The Bertz CT molecular complexity index is 284. The minimum Gasteiger partial charge on any atom is -0.292 e. The van der Waals surface area contributed by atoms with E-state index in [1.807, 2.05) is 0 Å². The molecule has 0 radical (unpaired) electrons. The van der Waals surface area contributed by atoms with Crippen molar-refractivity contribution in [3.8, 4) is 0 Å². The molecular formula is C7H10F3N3O. The number of halogens is 3. The van der Waals surface area contributed by atoms with Crippen LogP contribution < -0.4 is 5.48 Å². The molecule has 4 nitrogen and oxygen atoms in total. The van der Waals surface area contributed by atoms with Crippen molar-refractivity contribution in [3.63, 3.8) is 0 Å². The predicted molar refractivity (Wildman–Crippen MR) is 42.1 cm³/mol. The van der Waals surface area contributed by atoms with Crippen LogP contribution in [0, 0.1) is 0 Å². The van der Waals surface area contributed by atoms with Gasteiger partial charge < -0.3 is 0 Å². The molecule has 0 amide bonds. The lowest BCUT2D eigenvalue weighted by Gasteiger charge is -2.06. The molecule has 0 aliphatic heterocycles. The topological polar surface area (TPSA) is 39.1 Å². The van der Waals surface area contributed by atoms with E-state index in [9.17, 15) is 13.2 Å². The number of aromatic nitrogens is 2. The Morgan fingerprint density at radius 1 is 1.57 bits per heavy atom. The zero-order chi connectivity index (χ0) is 10.6. The number of nitrogens with one attached hydrogen (secondary N) is 1. The van der Waals surface area contributed by atoms with Gasteiger partial charge in [-0.05, 0) is 6.07 Å². The summed E-state index contributed by atoms with van der Waals surface area (Å²) in [5.41, 5.74) is 2.80. The molecule has 1 aromatic heterocycles. The largest absolute Gasteiger partial charge is 0.413 e. The molecule has 7 heteroatoms. The highest BCUT2D eigenvalue weighted by atomic mass is 19.4. The lowest BCUT2D eigenvalue weighted by Crippen LogP contribution is -2.24. The van der Waals surface area contributed by atoms with E-state index in [4.69, 9.17) is 0 Å². The van der Waals surface area contributed by atoms with Gasteiger partial charge >= 0.3 is 6.18 Å². The molecule has 0 aromatic carbocycles. The van der Waals surface area contributed by atoms with Crippen molar-refractivity contribution < 1.29 is 18.0 Å². The van der Waals surface area contributed by atoms with Crippen LogP contribution in [0.1, 0.15) is 5.69 Å². The third-order valence-electron chi connectivity index (χ3n) is 1.36. The fourth-order valence-corrected chi connectivity index (χ4v) is 0.815. The smallest absolute Gasteiger partial charge is 0.292 e. The van der Waals surface area contributed by atoms with Crippen LogP contribution in [0.3, 0.4) is 0 Å². The second kappa shape index (κ2) is 4.43. The molecule has 0 aliphatic rings. The van der Waals surface area contributed by atoms with Crippen LogP contribution >= 0.6 is 0 Å². The van der Waals surface area contributed by atoms with Crippen LogP contribution in [-0.4, -0.2) is 22.6 Å². The van der Waals surface area contributed by atoms with E-state index in [1.165, 1.54) is 0 Å². The fraction of sp³-hybridized carbons (Fsp3) is 0.571. The van der Waals surface area contributed by atoms with Crippen LogP contribution in [0.5, 0.6) is 0 Å². The highest BCUT2D eigenvalue weighted by molar-refractivity contribution is 4.97. The highest BCUT2D eigenvalue weighted by Gasteiger charge is 2.27. The number of hydrogen-bond donors (Lipinski definition) is 1. The summed E-state index contributed by atoms with van der Waals surface area (Å²) in [6, 6.07) is 1.68. The maximum atomic E-state index is 11.6. The van der Waals surface area contributed by atoms with E-state index in [-0.39, 0.29) is 6.54 Å².